The molecule has 3 N–H and O–H groups in total. The van der Waals surface area contributed by atoms with E-state index in [0.717, 1.165) is 27.1 Å². The molecule has 0 saturated heterocycles. The van der Waals surface area contributed by atoms with Crippen molar-refractivity contribution >= 4 is 40.9 Å². The third-order valence-electron chi connectivity index (χ3n) is 5.71. The Balaban J connectivity index is 1.39. The summed E-state index contributed by atoms with van der Waals surface area (Å²) in [5.74, 6) is -1.68. The van der Waals surface area contributed by atoms with Crippen LogP contribution in [0.1, 0.15) is 34.8 Å². The molecule has 1 unspecified atom stereocenters. The van der Waals surface area contributed by atoms with Crippen molar-refractivity contribution in [1.29, 1.82) is 0 Å². The maximum absolute atomic E-state index is 12.7. The van der Waals surface area contributed by atoms with Gasteiger partial charge in [0.05, 0.1) is 11.6 Å². The largest absolute Gasteiger partial charge is 0.481 e. The molecule has 2 aromatic carbocycles. The van der Waals surface area contributed by atoms with Gasteiger partial charge in [-0.1, -0.05) is 60.1 Å². The van der Waals surface area contributed by atoms with E-state index >= 15 is 0 Å². The Kier molecular flexibility index (Phi) is 7.49. The van der Waals surface area contributed by atoms with Crippen molar-refractivity contribution in [3.05, 3.63) is 81.0 Å². The first kappa shape index (κ1) is 23.8. The smallest absolute Gasteiger partial charge is 0.407 e. The molecule has 1 heterocycles. The van der Waals surface area contributed by atoms with Crippen molar-refractivity contribution < 1.29 is 24.2 Å². The van der Waals surface area contributed by atoms with Gasteiger partial charge in [-0.25, -0.2) is 4.79 Å². The number of aliphatic carboxylic acids is 1. The molecule has 3 aromatic rings. The fourth-order valence-electron chi connectivity index (χ4n) is 4.06. The van der Waals surface area contributed by atoms with Crippen LogP contribution in [0.15, 0.2) is 60.0 Å². The number of carbonyl (C=O) groups is 3. The number of amides is 2. The predicted molar refractivity (Wildman–Crippen MR) is 130 cm³/mol. The lowest BCUT2D eigenvalue weighted by Gasteiger charge is -2.19. The Labute approximate surface area is 205 Å². The molecule has 0 radical (unpaired) electrons. The summed E-state index contributed by atoms with van der Waals surface area (Å²) in [6.45, 7) is 0.281. The van der Waals surface area contributed by atoms with Gasteiger partial charge in [-0.3, -0.25) is 9.59 Å². The first-order valence-electron chi connectivity index (χ1n) is 10.8. The number of rotatable bonds is 9. The van der Waals surface area contributed by atoms with Gasteiger partial charge in [0.1, 0.15) is 12.6 Å². The minimum Gasteiger partial charge on any atom is -0.481 e. The van der Waals surface area contributed by atoms with Gasteiger partial charge in [0.25, 0.3) is 0 Å². The maximum atomic E-state index is 12.7. The lowest BCUT2D eigenvalue weighted by Crippen LogP contribution is -2.47. The van der Waals surface area contributed by atoms with Crippen LogP contribution >= 0.6 is 22.9 Å². The maximum Gasteiger partial charge on any atom is 0.407 e. The molecule has 4 rings (SSSR count). The first-order valence-corrected chi connectivity index (χ1v) is 12.0. The average Bonchev–Trinajstić information content (AvgIpc) is 3.39. The standard InChI is InChI=1S/C25H23ClN2O5S/c26-20-11-12-34-22(20)13-27-24(31)21(9-10-23(29)30)28-25(32)33-14-19-17-7-3-1-5-15(17)16-6-2-4-8-18(16)19/h1-8,11-12,19,21H,9-10,13-14H2,(H,27,31)(H,28,32)(H,29,30). The van der Waals surface area contributed by atoms with Crippen molar-refractivity contribution in [3.63, 3.8) is 0 Å². The summed E-state index contributed by atoms with van der Waals surface area (Å²) in [5.41, 5.74) is 4.37. The highest BCUT2D eigenvalue weighted by molar-refractivity contribution is 7.10. The second-order valence-corrected chi connectivity index (χ2v) is 9.27. The van der Waals surface area contributed by atoms with Gasteiger partial charge in [0.15, 0.2) is 0 Å². The first-order chi connectivity index (χ1) is 16.4. The summed E-state index contributed by atoms with van der Waals surface area (Å²) in [6.07, 6.45) is -1.12. The van der Waals surface area contributed by atoms with Gasteiger partial charge >= 0.3 is 12.1 Å². The molecule has 1 aliphatic carbocycles. The number of thiophene rings is 1. The molecule has 0 bridgehead atoms. The van der Waals surface area contributed by atoms with E-state index in [4.69, 9.17) is 21.4 Å². The zero-order valence-electron chi connectivity index (χ0n) is 18.1. The second-order valence-electron chi connectivity index (χ2n) is 7.86. The molecular formula is C25H23ClN2O5S. The molecule has 0 spiro atoms. The van der Waals surface area contributed by atoms with E-state index in [-0.39, 0.29) is 31.9 Å². The van der Waals surface area contributed by atoms with Gasteiger partial charge in [-0.05, 0) is 40.1 Å². The number of carboxylic acid groups (broad SMARTS) is 1. The van der Waals surface area contributed by atoms with E-state index in [0.29, 0.717) is 5.02 Å². The highest BCUT2D eigenvalue weighted by Crippen LogP contribution is 2.44. The summed E-state index contributed by atoms with van der Waals surface area (Å²) in [6, 6.07) is 16.6. The van der Waals surface area contributed by atoms with E-state index in [9.17, 15) is 14.4 Å². The highest BCUT2D eigenvalue weighted by Gasteiger charge is 2.30. The number of nitrogens with one attached hydrogen (secondary N) is 2. The molecule has 0 fully saturated rings. The van der Waals surface area contributed by atoms with Crippen LogP contribution in [0.2, 0.25) is 5.02 Å². The van der Waals surface area contributed by atoms with Gasteiger partial charge in [-0.2, -0.15) is 0 Å². The number of hydrogen-bond donors (Lipinski definition) is 3. The molecule has 34 heavy (non-hydrogen) atoms. The summed E-state index contributed by atoms with van der Waals surface area (Å²) in [7, 11) is 0. The molecule has 1 aromatic heterocycles. The van der Waals surface area contributed by atoms with E-state index < -0.39 is 24.0 Å². The molecule has 1 aliphatic rings. The van der Waals surface area contributed by atoms with Crippen molar-refractivity contribution in [2.24, 2.45) is 0 Å². The summed E-state index contributed by atoms with van der Waals surface area (Å²) in [5, 5.41) is 16.6. The number of carbonyl (C=O) groups excluding carboxylic acids is 2. The SMILES string of the molecule is O=C(O)CCC(NC(=O)OCC1c2ccccc2-c2ccccc21)C(=O)NCc1sccc1Cl. The number of hydrogen-bond acceptors (Lipinski definition) is 5. The Hall–Kier alpha value is -3.36. The zero-order valence-corrected chi connectivity index (χ0v) is 19.7. The zero-order chi connectivity index (χ0) is 24.1. The average molecular weight is 499 g/mol. The molecule has 7 nitrogen and oxygen atoms in total. The van der Waals surface area contributed by atoms with Crippen LogP contribution in [-0.4, -0.2) is 35.7 Å². The minimum atomic E-state index is -1.06. The number of ether oxygens (including phenoxy) is 1. The van der Waals surface area contributed by atoms with Crippen molar-refractivity contribution in [2.45, 2.75) is 31.3 Å². The van der Waals surface area contributed by atoms with Gasteiger partial charge in [0, 0.05) is 17.2 Å². The second kappa shape index (κ2) is 10.7. The Bertz CT molecular complexity index is 1170. The molecule has 0 saturated carbocycles. The Morgan fingerprint density at radius 3 is 2.26 bits per heavy atom. The van der Waals surface area contributed by atoms with Gasteiger partial charge < -0.3 is 20.5 Å². The molecule has 9 heteroatoms. The van der Waals surface area contributed by atoms with Crippen LogP contribution in [0.25, 0.3) is 11.1 Å². The fraction of sp³-hybridized carbons (Fsp3) is 0.240. The minimum absolute atomic E-state index is 0.0659. The molecule has 2 amide bonds. The summed E-state index contributed by atoms with van der Waals surface area (Å²) >= 11 is 7.45. The molecule has 176 valence electrons. The third kappa shape index (κ3) is 5.40. The van der Waals surface area contributed by atoms with E-state index in [1.807, 2.05) is 48.5 Å². The van der Waals surface area contributed by atoms with Gasteiger partial charge in [-0.15, -0.1) is 11.3 Å². The summed E-state index contributed by atoms with van der Waals surface area (Å²) < 4.78 is 5.50. The number of halogens is 1. The van der Waals surface area contributed by atoms with Crippen LogP contribution in [0, 0.1) is 0 Å². The van der Waals surface area contributed by atoms with Crippen molar-refractivity contribution in [2.75, 3.05) is 6.61 Å². The van der Waals surface area contributed by atoms with Gasteiger partial charge in [0.2, 0.25) is 5.91 Å². The Morgan fingerprint density at radius 1 is 1.03 bits per heavy atom. The Morgan fingerprint density at radius 2 is 1.68 bits per heavy atom. The van der Waals surface area contributed by atoms with Crippen LogP contribution in [0.5, 0.6) is 0 Å². The quantitative estimate of drug-likeness (QED) is 0.393. The lowest BCUT2D eigenvalue weighted by molar-refractivity contribution is -0.137. The van der Waals surface area contributed by atoms with Crippen LogP contribution in [-0.2, 0) is 20.9 Å². The van der Waals surface area contributed by atoms with Crippen LogP contribution in [0.3, 0.4) is 0 Å². The number of fused-ring (bicyclic) bond motifs is 3. The van der Waals surface area contributed by atoms with E-state index in [1.54, 1.807) is 11.4 Å². The van der Waals surface area contributed by atoms with E-state index in [1.165, 1.54) is 11.3 Å². The number of alkyl carbamates (subject to hydrolysis) is 1. The molecule has 0 aliphatic heterocycles. The topological polar surface area (TPSA) is 105 Å². The van der Waals surface area contributed by atoms with Crippen molar-refractivity contribution in [3.8, 4) is 11.1 Å². The third-order valence-corrected chi connectivity index (χ3v) is 7.10. The van der Waals surface area contributed by atoms with Crippen LogP contribution in [0.4, 0.5) is 4.79 Å². The van der Waals surface area contributed by atoms with E-state index in [2.05, 4.69) is 10.6 Å². The fourth-order valence-corrected chi connectivity index (χ4v) is 5.10. The summed E-state index contributed by atoms with van der Waals surface area (Å²) in [4.78, 5) is 37.1. The molecule has 1 atom stereocenters. The predicted octanol–water partition coefficient (Wildman–Crippen LogP) is 4.79. The van der Waals surface area contributed by atoms with Crippen molar-refractivity contribution in [1.82, 2.24) is 10.6 Å². The lowest BCUT2D eigenvalue weighted by atomic mass is 9.98. The monoisotopic (exact) mass is 498 g/mol. The number of benzene rings is 2. The number of carboxylic acids is 1. The van der Waals surface area contributed by atoms with Crippen LogP contribution < -0.4 is 10.6 Å². The highest BCUT2D eigenvalue weighted by atomic mass is 35.5. The normalized spacial score (nSPS) is 13.0. The molecular weight excluding hydrogens is 476 g/mol.